The third kappa shape index (κ3) is 4.25. The largest absolute Gasteiger partial charge is 0.326 e. The van der Waals surface area contributed by atoms with Crippen LogP contribution >= 0.6 is 34.7 Å². The molecule has 0 aliphatic carbocycles. The number of nitrogens with one attached hydrogen (secondary N) is 1. The Hall–Kier alpha value is -1.90. The van der Waals surface area contributed by atoms with Gasteiger partial charge in [-0.2, -0.15) is 4.99 Å². The lowest BCUT2D eigenvalue weighted by molar-refractivity contribution is -0.128. The highest BCUT2D eigenvalue weighted by Gasteiger charge is 2.38. The van der Waals surface area contributed by atoms with Crippen molar-refractivity contribution in [1.29, 1.82) is 0 Å². The number of benzene rings is 1. The van der Waals surface area contributed by atoms with Crippen LogP contribution in [0.1, 0.15) is 18.9 Å². The van der Waals surface area contributed by atoms with Gasteiger partial charge < -0.3 is 5.32 Å². The summed E-state index contributed by atoms with van der Waals surface area (Å²) < 4.78 is 0. The highest BCUT2D eigenvalue weighted by atomic mass is 35.5. The van der Waals surface area contributed by atoms with E-state index in [1.54, 1.807) is 23.2 Å². The average molecular weight is 409 g/mol. The molecule has 26 heavy (non-hydrogen) atoms. The third-order valence-electron chi connectivity index (χ3n) is 3.79. The topological polar surface area (TPSA) is 74.7 Å². The number of carbonyl (C=O) groups is 2. The molecule has 1 aromatic carbocycles. The standard InChI is InChI=1S/C17H17ClN4O2S2/c1-3-22-15(24)13(26-17(22)21-16-19-6-7-25-16)9-14(23)20-12-8-11(18)5-4-10(12)2/h4-8,13H,3,9H2,1-2H3,(H,20,23). The van der Waals surface area contributed by atoms with Gasteiger partial charge in [0.1, 0.15) is 5.25 Å². The number of aliphatic imine (C=N–C) groups is 1. The van der Waals surface area contributed by atoms with Gasteiger partial charge in [-0.1, -0.05) is 29.4 Å². The quantitative estimate of drug-likeness (QED) is 0.808. The number of rotatable bonds is 5. The monoisotopic (exact) mass is 408 g/mol. The minimum atomic E-state index is -0.492. The first-order chi connectivity index (χ1) is 12.5. The lowest BCUT2D eigenvalue weighted by Gasteiger charge is -2.13. The molecule has 3 rings (SSSR count). The Labute approximate surface area is 164 Å². The molecule has 2 amide bonds. The van der Waals surface area contributed by atoms with Gasteiger partial charge >= 0.3 is 0 Å². The number of hydrogen-bond acceptors (Lipinski definition) is 6. The van der Waals surface area contributed by atoms with Gasteiger partial charge in [0.2, 0.25) is 16.9 Å². The first-order valence-corrected chi connectivity index (χ1v) is 10.1. The number of nitrogens with zero attached hydrogens (tertiary/aromatic N) is 3. The predicted octanol–water partition coefficient (Wildman–Crippen LogP) is 4.09. The van der Waals surface area contributed by atoms with Crippen molar-refractivity contribution in [3.8, 4) is 0 Å². The summed E-state index contributed by atoms with van der Waals surface area (Å²) in [5, 5.41) is 5.90. The number of amidine groups is 1. The van der Waals surface area contributed by atoms with Crippen LogP contribution in [0.5, 0.6) is 0 Å². The van der Waals surface area contributed by atoms with Crippen LogP contribution in [0.4, 0.5) is 10.8 Å². The minimum Gasteiger partial charge on any atom is -0.326 e. The van der Waals surface area contributed by atoms with E-state index >= 15 is 0 Å². The van der Waals surface area contributed by atoms with E-state index in [9.17, 15) is 9.59 Å². The summed E-state index contributed by atoms with van der Waals surface area (Å²) >= 11 is 8.69. The average Bonchev–Trinajstić information content (AvgIpc) is 3.20. The molecule has 1 aromatic heterocycles. The summed E-state index contributed by atoms with van der Waals surface area (Å²) in [5.41, 5.74) is 1.57. The van der Waals surface area contributed by atoms with Gasteiger partial charge in [-0.25, -0.2) is 4.98 Å². The van der Waals surface area contributed by atoms with E-state index in [1.165, 1.54) is 23.1 Å². The van der Waals surface area contributed by atoms with Crippen molar-refractivity contribution in [3.63, 3.8) is 0 Å². The molecule has 0 radical (unpaired) electrons. The fraction of sp³-hybridized carbons (Fsp3) is 0.294. The normalized spacial score (nSPS) is 18.6. The molecular formula is C17H17ClN4O2S2. The number of thioether (sulfide) groups is 1. The number of halogens is 1. The second-order valence-electron chi connectivity index (χ2n) is 5.61. The minimum absolute atomic E-state index is 0.0723. The van der Waals surface area contributed by atoms with Gasteiger partial charge in [0, 0.05) is 35.3 Å². The third-order valence-corrected chi connectivity index (χ3v) is 5.87. The molecule has 0 bridgehead atoms. The Morgan fingerprint density at radius 2 is 2.27 bits per heavy atom. The van der Waals surface area contributed by atoms with Gasteiger partial charge in [0.25, 0.3) is 0 Å². The van der Waals surface area contributed by atoms with Gasteiger partial charge in [-0.15, -0.1) is 11.3 Å². The van der Waals surface area contributed by atoms with Crippen LogP contribution in [0.2, 0.25) is 5.02 Å². The molecule has 1 aliphatic rings. The molecule has 2 heterocycles. The molecule has 6 nitrogen and oxygen atoms in total. The van der Waals surface area contributed by atoms with Crippen LogP contribution in [-0.2, 0) is 9.59 Å². The van der Waals surface area contributed by atoms with E-state index in [0.717, 1.165) is 5.56 Å². The maximum Gasteiger partial charge on any atom is 0.242 e. The molecule has 1 unspecified atom stereocenters. The summed E-state index contributed by atoms with van der Waals surface area (Å²) in [6, 6.07) is 5.31. The fourth-order valence-corrected chi connectivity index (χ4v) is 4.40. The Bertz CT molecular complexity index is 854. The summed E-state index contributed by atoms with van der Waals surface area (Å²) in [4.78, 5) is 35.1. The molecule has 2 aromatic rings. The number of carbonyl (C=O) groups excluding carboxylic acids is 2. The van der Waals surface area contributed by atoms with Gasteiger partial charge in [0.15, 0.2) is 5.17 Å². The van der Waals surface area contributed by atoms with Crippen molar-refractivity contribution >= 4 is 62.5 Å². The number of aryl methyl sites for hydroxylation is 1. The van der Waals surface area contributed by atoms with Gasteiger partial charge in [0.05, 0.1) is 0 Å². The molecule has 1 N–H and O–H groups in total. The van der Waals surface area contributed by atoms with E-state index in [0.29, 0.717) is 27.6 Å². The Kier molecular flexibility index (Phi) is 5.95. The van der Waals surface area contributed by atoms with Gasteiger partial charge in [-0.3, -0.25) is 14.5 Å². The Morgan fingerprint density at radius 3 is 2.96 bits per heavy atom. The van der Waals surface area contributed by atoms with Crippen LogP contribution in [0.15, 0.2) is 34.8 Å². The van der Waals surface area contributed by atoms with Crippen LogP contribution in [0, 0.1) is 6.92 Å². The number of anilines is 1. The molecule has 9 heteroatoms. The first-order valence-electron chi connectivity index (χ1n) is 8.00. The lowest BCUT2D eigenvalue weighted by atomic mass is 10.2. The smallest absolute Gasteiger partial charge is 0.242 e. The molecule has 0 spiro atoms. The van der Waals surface area contributed by atoms with E-state index in [1.807, 2.05) is 25.3 Å². The molecule has 1 aliphatic heterocycles. The summed E-state index contributed by atoms with van der Waals surface area (Å²) in [7, 11) is 0. The molecule has 1 saturated heterocycles. The zero-order valence-electron chi connectivity index (χ0n) is 14.2. The maximum absolute atomic E-state index is 12.6. The summed E-state index contributed by atoms with van der Waals surface area (Å²) in [6.45, 7) is 4.27. The molecule has 1 atom stereocenters. The maximum atomic E-state index is 12.6. The number of hydrogen-bond donors (Lipinski definition) is 1. The second kappa shape index (κ2) is 8.20. The zero-order valence-corrected chi connectivity index (χ0v) is 16.6. The van der Waals surface area contributed by atoms with E-state index in [2.05, 4.69) is 15.3 Å². The summed E-state index contributed by atoms with van der Waals surface area (Å²) in [6.07, 6.45) is 1.74. The Balaban J connectivity index is 1.70. The van der Waals surface area contributed by atoms with Crippen molar-refractivity contribution < 1.29 is 9.59 Å². The van der Waals surface area contributed by atoms with Crippen LogP contribution in [-0.4, -0.2) is 38.7 Å². The van der Waals surface area contributed by atoms with E-state index in [-0.39, 0.29) is 18.2 Å². The van der Waals surface area contributed by atoms with Crippen LogP contribution < -0.4 is 5.32 Å². The highest BCUT2D eigenvalue weighted by molar-refractivity contribution is 8.15. The molecular weight excluding hydrogens is 392 g/mol. The van der Waals surface area contributed by atoms with E-state index in [4.69, 9.17) is 11.6 Å². The SMILES string of the molecule is CCN1C(=O)C(CC(=O)Nc2cc(Cl)ccc2C)SC1=Nc1nccs1. The van der Waals surface area contributed by atoms with Crippen LogP contribution in [0.25, 0.3) is 0 Å². The van der Waals surface area contributed by atoms with Crippen molar-refractivity contribution in [2.24, 2.45) is 4.99 Å². The molecule has 136 valence electrons. The van der Waals surface area contributed by atoms with Crippen molar-refractivity contribution in [2.45, 2.75) is 25.5 Å². The van der Waals surface area contributed by atoms with Gasteiger partial charge in [-0.05, 0) is 31.5 Å². The van der Waals surface area contributed by atoms with Crippen molar-refractivity contribution in [2.75, 3.05) is 11.9 Å². The molecule has 0 saturated carbocycles. The van der Waals surface area contributed by atoms with Crippen LogP contribution in [0.3, 0.4) is 0 Å². The fourth-order valence-electron chi connectivity index (χ4n) is 2.47. The number of amides is 2. The second-order valence-corrected chi connectivity index (χ2v) is 8.09. The van der Waals surface area contributed by atoms with E-state index < -0.39 is 5.25 Å². The molecule has 1 fully saturated rings. The Morgan fingerprint density at radius 1 is 1.46 bits per heavy atom. The number of thiazole rings is 1. The lowest BCUT2D eigenvalue weighted by Crippen LogP contribution is -2.33. The van der Waals surface area contributed by atoms with Crippen molar-refractivity contribution in [1.82, 2.24) is 9.88 Å². The highest BCUT2D eigenvalue weighted by Crippen LogP contribution is 2.32. The number of aromatic nitrogens is 1. The summed E-state index contributed by atoms with van der Waals surface area (Å²) in [5.74, 6) is -0.335. The predicted molar refractivity (Wildman–Crippen MR) is 107 cm³/mol. The zero-order chi connectivity index (χ0) is 18.7. The van der Waals surface area contributed by atoms with Crippen molar-refractivity contribution in [3.05, 3.63) is 40.4 Å². The first kappa shape index (κ1) is 18.9.